The highest BCUT2D eigenvalue weighted by atomic mass is 16.6. The lowest BCUT2D eigenvalue weighted by Gasteiger charge is -2.21. The van der Waals surface area contributed by atoms with Crippen molar-refractivity contribution < 1.29 is 19.4 Å². The molecular formula is C13H19N3O4. The first-order valence-corrected chi connectivity index (χ1v) is 6.18. The van der Waals surface area contributed by atoms with E-state index < -0.39 is 23.7 Å². The van der Waals surface area contributed by atoms with E-state index in [1.165, 1.54) is 0 Å². The van der Waals surface area contributed by atoms with E-state index in [0.717, 1.165) is 5.69 Å². The Labute approximate surface area is 117 Å². The monoisotopic (exact) mass is 281 g/mol. The molecule has 0 bridgehead atoms. The number of carbonyl (C=O) groups excluding carboxylic acids is 1. The number of carboxylic acid groups (broad SMARTS) is 1. The number of nitrogens with zero attached hydrogens (tertiary/aromatic N) is 2. The summed E-state index contributed by atoms with van der Waals surface area (Å²) in [5.74, 6) is -0.811. The lowest BCUT2D eigenvalue weighted by molar-refractivity contribution is -0.139. The van der Waals surface area contributed by atoms with Crippen molar-refractivity contribution in [3.8, 4) is 0 Å². The molecule has 0 fully saturated rings. The zero-order chi connectivity index (χ0) is 15.3. The number of ether oxygens (including phenoxy) is 1. The van der Waals surface area contributed by atoms with Crippen molar-refractivity contribution in [2.45, 2.75) is 45.8 Å². The van der Waals surface area contributed by atoms with Gasteiger partial charge in [0.1, 0.15) is 17.5 Å². The zero-order valence-electron chi connectivity index (χ0n) is 12.0. The van der Waals surface area contributed by atoms with Crippen LogP contribution in [0.5, 0.6) is 0 Å². The van der Waals surface area contributed by atoms with Crippen LogP contribution in [-0.4, -0.2) is 38.8 Å². The van der Waals surface area contributed by atoms with Gasteiger partial charge in [-0.2, -0.15) is 0 Å². The van der Waals surface area contributed by atoms with E-state index >= 15 is 0 Å². The van der Waals surface area contributed by atoms with Crippen LogP contribution in [0.25, 0.3) is 0 Å². The Balaban J connectivity index is 2.71. The third kappa shape index (κ3) is 5.64. The summed E-state index contributed by atoms with van der Waals surface area (Å²) >= 11 is 0. The highest BCUT2D eigenvalue weighted by molar-refractivity contribution is 5.80. The Morgan fingerprint density at radius 1 is 1.45 bits per heavy atom. The molecule has 20 heavy (non-hydrogen) atoms. The Morgan fingerprint density at radius 2 is 2.10 bits per heavy atom. The minimum atomic E-state index is -1.17. The molecule has 0 aliphatic carbocycles. The van der Waals surface area contributed by atoms with Crippen molar-refractivity contribution in [2.24, 2.45) is 0 Å². The third-order valence-electron chi connectivity index (χ3n) is 2.22. The maximum atomic E-state index is 11.6. The largest absolute Gasteiger partial charge is 0.480 e. The van der Waals surface area contributed by atoms with Crippen LogP contribution in [0.1, 0.15) is 32.3 Å². The van der Waals surface area contributed by atoms with Crippen molar-refractivity contribution in [2.75, 3.05) is 0 Å². The minimum Gasteiger partial charge on any atom is -0.480 e. The molecule has 2 N–H and O–H groups in total. The number of carboxylic acids is 1. The Morgan fingerprint density at radius 3 is 2.60 bits per heavy atom. The molecule has 7 nitrogen and oxygen atoms in total. The smallest absolute Gasteiger partial charge is 0.408 e. The standard InChI is InChI=1S/C13H19N3O4/c1-8-5-6-14-10(15-8)7-9(11(17)18)16-12(19)20-13(2,3)4/h5-6,9H,7H2,1-4H3,(H,16,19)(H,17,18). The maximum absolute atomic E-state index is 11.6. The second-order valence-corrected chi connectivity index (χ2v) is 5.36. The van der Waals surface area contributed by atoms with Gasteiger partial charge in [-0.3, -0.25) is 0 Å². The molecule has 1 unspecified atom stereocenters. The topological polar surface area (TPSA) is 101 Å². The molecule has 1 heterocycles. The molecule has 0 spiro atoms. The molecular weight excluding hydrogens is 262 g/mol. The fraction of sp³-hybridized carbons (Fsp3) is 0.538. The van der Waals surface area contributed by atoms with E-state index in [2.05, 4.69) is 15.3 Å². The first kappa shape index (κ1) is 15.9. The molecule has 7 heteroatoms. The second kappa shape index (κ2) is 6.31. The van der Waals surface area contributed by atoms with Crippen molar-refractivity contribution in [3.63, 3.8) is 0 Å². The lowest BCUT2D eigenvalue weighted by Crippen LogP contribution is -2.45. The molecule has 0 aliphatic rings. The number of hydrogen-bond donors (Lipinski definition) is 2. The van der Waals surface area contributed by atoms with Crippen LogP contribution in [0.15, 0.2) is 12.3 Å². The van der Waals surface area contributed by atoms with Gasteiger partial charge in [-0.15, -0.1) is 0 Å². The van der Waals surface area contributed by atoms with Crippen LogP contribution in [0.3, 0.4) is 0 Å². The van der Waals surface area contributed by atoms with Crippen LogP contribution in [0.2, 0.25) is 0 Å². The van der Waals surface area contributed by atoms with E-state index in [1.807, 2.05) is 0 Å². The quantitative estimate of drug-likeness (QED) is 0.862. The van der Waals surface area contributed by atoms with Crippen molar-refractivity contribution in [1.29, 1.82) is 0 Å². The van der Waals surface area contributed by atoms with Gasteiger partial charge in [0.15, 0.2) is 0 Å². The Bertz CT molecular complexity index is 497. The summed E-state index contributed by atoms with van der Waals surface area (Å²) in [5.41, 5.74) is 0.0453. The molecule has 1 aromatic heterocycles. The second-order valence-electron chi connectivity index (χ2n) is 5.36. The summed E-state index contributed by atoms with van der Waals surface area (Å²) in [5, 5.41) is 11.4. The number of aliphatic carboxylic acids is 1. The van der Waals surface area contributed by atoms with Gasteiger partial charge in [0.2, 0.25) is 0 Å². The summed E-state index contributed by atoms with van der Waals surface area (Å²) in [6, 6.07) is 0.576. The van der Waals surface area contributed by atoms with Crippen LogP contribution in [0.4, 0.5) is 4.79 Å². The van der Waals surface area contributed by atoms with Gasteiger partial charge in [-0.05, 0) is 33.8 Å². The lowest BCUT2D eigenvalue weighted by atomic mass is 10.2. The highest BCUT2D eigenvalue weighted by Gasteiger charge is 2.25. The molecule has 1 rings (SSSR count). The molecule has 110 valence electrons. The van der Waals surface area contributed by atoms with Gasteiger partial charge in [0.05, 0.1) is 0 Å². The number of nitrogens with one attached hydrogen (secondary N) is 1. The average Bonchev–Trinajstić information content (AvgIpc) is 2.25. The van der Waals surface area contributed by atoms with Gasteiger partial charge < -0.3 is 15.2 Å². The fourth-order valence-corrected chi connectivity index (χ4v) is 1.43. The van der Waals surface area contributed by atoms with Crippen LogP contribution < -0.4 is 5.32 Å². The number of aryl methyl sites for hydroxylation is 1. The number of aromatic nitrogens is 2. The Hall–Kier alpha value is -2.18. The van der Waals surface area contributed by atoms with Gasteiger partial charge >= 0.3 is 12.1 Å². The van der Waals surface area contributed by atoms with Gasteiger partial charge in [0, 0.05) is 18.3 Å². The van der Waals surface area contributed by atoms with Crippen LogP contribution in [-0.2, 0) is 16.0 Å². The van der Waals surface area contributed by atoms with Crippen molar-refractivity contribution >= 4 is 12.1 Å². The zero-order valence-corrected chi connectivity index (χ0v) is 12.0. The van der Waals surface area contributed by atoms with Crippen molar-refractivity contribution in [1.82, 2.24) is 15.3 Å². The maximum Gasteiger partial charge on any atom is 0.408 e. The number of alkyl carbamates (subject to hydrolysis) is 1. The van der Waals surface area contributed by atoms with Crippen LogP contribution in [0, 0.1) is 6.92 Å². The number of rotatable bonds is 4. The van der Waals surface area contributed by atoms with E-state index in [0.29, 0.717) is 5.82 Å². The Kier molecular flexibility index (Phi) is 5.01. The molecule has 0 aliphatic heterocycles. The molecule has 0 saturated heterocycles. The summed E-state index contributed by atoms with van der Waals surface area (Å²) in [6.07, 6.45) is 0.762. The molecule has 0 saturated carbocycles. The highest BCUT2D eigenvalue weighted by Crippen LogP contribution is 2.07. The number of carbonyl (C=O) groups is 2. The van der Waals surface area contributed by atoms with E-state index in [9.17, 15) is 9.59 Å². The predicted octanol–water partition coefficient (Wildman–Crippen LogP) is 1.31. The number of amides is 1. The predicted molar refractivity (Wildman–Crippen MR) is 71.3 cm³/mol. The first-order chi connectivity index (χ1) is 9.17. The summed E-state index contributed by atoms with van der Waals surface area (Å²) in [6.45, 7) is 6.88. The van der Waals surface area contributed by atoms with Gasteiger partial charge in [0.25, 0.3) is 0 Å². The van der Waals surface area contributed by atoms with Crippen molar-refractivity contribution in [3.05, 3.63) is 23.8 Å². The summed E-state index contributed by atoms with van der Waals surface area (Å²) in [7, 11) is 0. The van der Waals surface area contributed by atoms with Gasteiger partial charge in [-0.25, -0.2) is 19.6 Å². The molecule has 0 aromatic carbocycles. The molecule has 1 aromatic rings. The molecule has 0 radical (unpaired) electrons. The normalized spacial score (nSPS) is 12.6. The van der Waals surface area contributed by atoms with Gasteiger partial charge in [-0.1, -0.05) is 0 Å². The third-order valence-corrected chi connectivity index (χ3v) is 2.22. The average molecular weight is 281 g/mol. The van der Waals surface area contributed by atoms with E-state index in [1.54, 1.807) is 40.0 Å². The molecule has 1 atom stereocenters. The SMILES string of the molecule is Cc1ccnc(CC(NC(=O)OC(C)(C)C)C(=O)O)n1. The van der Waals surface area contributed by atoms with Crippen LogP contribution >= 0.6 is 0 Å². The van der Waals surface area contributed by atoms with E-state index in [4.69, 9.17) is 9.84 Å². The minimum absolute atomic E-state index is 0.00371. The van der Waals surface area contributed by atoms with E-state index in [-0.39, 0.29) is 6.42 Å². The first-order valence-electron chi connectivity index (χ1n) is 6.18. The summed E-state index contributed by atoms with van der Waals surface area (Å²) in [4.78, 5) is 30.8. The fourth-order valence-electron chi connectivity index (χ4n) is 1.43. The number of hydrogen-bond acceptors (Lipinski definition) is 5. The molecule has 1 amide bonds. The summed E-state index contributed by atoms with van der Waals surface area (Å²) < 4.78 is 5.03.